The average Bonchev–Trinajstić information content (AvgIpc) is 3.14. The van der Waals surface area contributed by atoms with Gasteiger partial charge in [0.25, 0.3) is 0 Å². The van der Waals surface area contributed by atoms with Crippen LogP contribution in [0.15, 0.2) is 0 Å². The van der Waals surface area contributed by atoms with E-state index < -0.39 is 11.9 Å². The van der Waals surface area contributed by atoms with Gasteiger partial charge in [0.2, 0.25) is 11.8 Å². The van der Waals surface area contributed by atoms with Crippen molar-refractivity contribution >= 4 is 23.8 Å². The van der Waals surface area contributed by atoms with Crippen molar-refractivity contribution in [2.24, 2.45) is 0 Å². The van der Waals surface area contributed by atoms with Gasteiger partial charge >= 0.3 is 11.9 Å². The van der Waals surface area contributed by atoms with Crippen LogP contribution in [-0.2, 0) is 71.3 Å². The third-order valence-corrected chi connectivity index (χ3v) is 6.43. The molecule has 312 valence electrons. The number of nitrogens with one attached hydrogen (secondary N) is 2. The molecular formula is C34H64N2O17. The molecule has 0 saturated heterocycles. The number of rotatable bonds is 44. The fourth-order valence-electron chi connectivity index (χ4n) is 3.72. The van der Waals surface area contributed by atoms with Gasteiger partial charge < -0.3 is 73.0 Å². The molecule has 0 atom stereocenters. The molecule has 0 aliphatic carbocycles. The van der Waals surface area contributed by atoms with E-state index in [4.69, 9.17) is 62.3 Å². The molecule has 0 fully saturated rings. The van der Waals surface area contributed by atoms with Crippen LogP contribution in [-0.4, -0.2) is 192 Å². The molecule has 0 spiro atoms. The van der Waals surface area contributed by atoms with Crippen molar-refractivity contribution in [3.63, 3.8) is 0 Å². The van der Waals surface area contributed by atoms with E-state index in [1.54, 1.807) is 0 Å². The quantitative estimate of drug-likeness (QED) is 0.0593. The molecule has 19 heteroatoms. The Balaban J connectivity index is 3.12. The third-order valence-electron chi connectivity index (χ3n) is 6.43. The third kappa shape index (κ3) is 45.5. The summed E-state index contributed by atoms with van der Waals surface area (Å²) >= 11 is 0. The van der Waals surface area contributed by atoms with Crippen molar-refractivity contribution in [3.05, 3.63) is 0 Å². The van der Waals surface area contributed by atoms with Crippen LogP contribution >= 0.6 is 0 Å². The Morgan fingerprint density at radius 2 is 0.491 bits per heavy atom. The van der Waals surface area contributed by atoms with Gasteiger partial charge in [0.1, 0.15) is 0 Å². The first kappa shape index (κ1) is 50.4. The first-order valence-corrected chi connectivity index (χ1v) is 18.2. The highest BCUT2D eigenvalue weighted by atomic mass is 16.6. The van der Waals surface area contributed by atoms with Crippen molar-refractivity contribution in [1.29, 1.82) is 0 Å². The molecule has 0 aromatic heterocycles. The lowest BCUT2D eigenvalue weighted by atomic mass is 10.3. The summed E-state index contributed by atoms with van der Waals surface area (Å²) in [6.07, 6.45) is 0.911. The molecule has 0 aromatic carbocycles. The van der Waals surface area contributed by atoms with Crippen molar-refractivity contribution < 1.29 is 81.5 Å². The van der Waals surface area contributed by atoms with Gasteiger partial charge in [-0.05, 0) is 12.8 Å². The summed E-state index contributed by atoms with van der Waals surface area (Å²) in [4.78, 5) is 43.5. The largest absolute Gasteiger partial charge is 0.481 e. The van der Waals surface area contributed by atoms with Gasteiger partial charge in [0.05, 0.1) is 145 Å². The van der Waals surface area contributed by atoms with Crippen molar-refractivity contribution in [1.82, 2.24) is 10.6 Å². The number of carboxylic acid groups (broad SMARTS) is 2. The van der Waals surface area contributed by atoms with Crippen LogP contribution in [0.1, 0.15) is 38.5 Å². The Labute approximate surface area is 312 Å². The van der Waals surface area contributed by atoms with Crippen LogP contribution in [0.25, 0.3) is 0 Å². The van der Waals surface area contributed by atoms with Gasteiger partial charge in [-0.3, -0.25) is 19.2 Å². The SMILES string of the molecule is O=C(O)CCC(=O)NCCCOCCOCCOCCOCCOCCOCCOCCOCCOCCOCCOCCCNC(=O)CCC(=O)O. The molecule has 0 aliphatic heterocycles. The monoisotopic (exact) mass is 772 g/mol. The summed E-state index contributed by atoms with van der Waals surface area (Å²) in [6, 6.07) is 0. The highest BCUT2D eigenvalue weighted by Crippen LogP contribution is 1.92. The summed E-state index contributed by atoms with van der Waals surface area (Å²) in [5.74, 6) is -2.52. The molecule has 0 aromatic rings. The number of hydrogen-bond acceptors (Lipinski definition) is 15. The maximum atomic E-state index is 11.4. The highest BCUT2D eigenvalue weighted by molar-refractivity contribution is 5.81. The van der Waals surface area contributed by atoms with Crippen LogP contribution in [0.3, 0.4) is 0 Å². The first-order valence-electron chi connectivity index (χ1n) is 18.2. The fourth-order valence-corrected chi connectivity index (χ4v) is 3.72. The Morgan fingerprint density at radius 3 is 0.679 bits per heavy atom. The minimum Gasteiger partial charge on any atom is -0.481 e. The molecule has 53 heavy (non-hydrogen) atoms. The molecule has 0 rings (SSSR count). The zero-order valence-corrected chi connectivity index (χ0v) is 31.2. The molecule has 0 heterocycles. The van der Waals surface area contributed by atoms with E-state index in [2.05, 4.69) is 10.6 Å². The van der Waals surface area contributed by atoms with Gasteiger partial charge in [0.15, 0.2) is 0 Å². The molecule has 2 amide bonds. The lowest BCUT2D eigenvalue weighted by Gasteiger charge is -2.09. The van der Waals surface area contributed by atoms with Gasteiger partial charge in [-0.25, -0.2) is 0 Å². The maximum absolute atomic E-state index is 11.4. The standard InChI is InChI=1S/C34H64N2O17/c37-31(3-5-33(39)40)35-7-1-9-43-11-13-45-15-17-47-19-21-49-23-25-51-27-29-53-30-28-52-26-24-50-22-20-48-18-16-46-14-12-44-10-2-8-36-32(38)4-6-34(41)42/h1-30H2,(H,35,37)(H,36,38)(H,39,40)(H,41,42). The molecular weight excluding hydrogens is 708 g/mol. The second kappa shape index (κ2) is 42.2. The van der Waals surface area contributed by atoms with E-state index in [0.29, 0.717) is 171 Å². The van der Waals surface area contributed by atoms with Crippen LogP contribution < -0.4 is 10.6 Å². The molecule has 0 bridgehead atoms. The lowest BCUT2D eigenvalue weighted by molar-refractivity contribution is -0.139. The summed E-state index contributed by atoms with van der Waals surface area (Å²) in [5, 5.41) is 22.4. The minimum atomic E-state index is -0.989. The highest BCUT2D eigenvalue weighted by Gasteiger charge is 2.05. The number of ether oxygens (including phenoxy) is 11. The molecule has 0 unspecified atom stereocenters. The second-order valence-electron chi connectivity index (χ2n) is 10.9. The maximum Gasteiger partial charge on any atom is 0.303 e. The van der Waals surface area contributed by atoms with E-state index >= 15 is 0 Å². The van der Waals surface area contributed by atoms with E-state index in [1.807, 2.05) is 0 Å². The van der Waals surface area contributed by atoms with E-state index in [9.17, 15) is 19.2 Å². The summed E-state index contributed by atoms with van der Waals surface area (Å²) in [7, 11) is 0. The van der Waals surface area contributed by atoms with Crippen molar-refractivity contribution in [2.45, 2.75) is 38.5 Å². The number of carboxylic acids is 2. The normalized spacial score (nSPS) is 11.2. The zero-order chi connectivity index (χ0) is 38.7. The number of hydrogen-bond donors (Lipinski definition) is 4. The van der Waals surface area contributed by atoms with Gasteiger partial charge in [0, 0.05) is 39.1 Å². The molecule has 0 aliphatic rings. The van der Waals surface area contributed by atoms with Crippen LogP contribution in [0.4, 0.5) is 0 Å². The molecule has 19 nitrogen and oxygen atoms in total. The fraction of sp³-hybridized carbons (Fsp3) is 0.882. The minimum absolute atomic E-state index is 0.0170. The Bertz CT molecular complexity index is 790. The van der Waals surface area contributed by atoms with E-state index in [-0.39, 0.29) is 37.5 Å². The van der Waals surface area contributed by atoms with Gasteiger partial charge in [-0.1, -0.05) is 0 Å². The Kier molecular flexibility index (Phi) is 40.1. The van der Waals surface area contributed by atoms with Crippen LogP contribution in [0.2, 0.25) is 0 Å². The van der Waals surface area contributed by atoms with Gasteiger partial charge in [-0.2, -0.15) is 0 Å². The number of carbonyl (C=O) groups is 4. The molecule has 4 N–H and O–H groups in total. The number of amides is 2. The molecule has 0 saturated carbocycles. The van der Waals surface area contributed by atoms with Crippen molar-refractivity contribution in [2.75, 3.05) is 158 Å². The zero-order valence-electron chi connectivity index (χ0n) is 31.2. The van der Waals surface area contributed by atoms with Crippen LogP contribution in [0.5, 0.6) is 0 Å². The predicted molar refractivity (Wildman–Crippen MR) is 188 cm³/mol. The molecule has 0 radical (unpaired) electrons. The van der Waals surface area contributed by atoms with E-state index in [1.165, 1.54) is 0 Å². The van der Waals surface area contributed by atoms with Gasteiger partial charge in [-0.15, -0.1) is 0 Å². The Hall–Kier alpha value is -2.56. The smallest absolute Gasteiger partial charge is 0.303 e. The topological polar surface area (TPSA) is 234 Å². The first-order chi connectivity index (χ1) is 25.9. The summed E-state index contributed by atoms with van der Waals surface area (Å²) < 4.78 is 59.9. The average molecular weight is 773 g/mol. The summed E-state index contributed by atoms with van der Waals surface area (Å²) in [5.41, 5.74) is 0. The number of aliphatic carboxylic acids is 2. The second-order valence-corrected chi connectivity index (χ2v) is 10.9. The van der Waals surface area contributed by atoms with Crippen molar-refractivity contribution in [3.8, 4) is 0 Å². The van der Waals surface area contributed by atoms with Crippen LogP contribution in [0, 0.1) is 0 Å². The predicted octanol–water partition coefficient (Wildman–Crippen LogP) is -0.0888. The summed E-state index contributed by atoms with van der Waals surface area (Å²) in [6.45, 7) is 11.0. The van der Waals surface area contributed by atoms with E-state index in [0.717, 1.165) is 0 Å². The Morgan fingerprint density at radius 1 is 0.302 bits per heavy atom. The lowest BCUT2D eigenvalue weighted by Crippen LogP contribution is -2.25. The number of carbonyl (C=O) groups excluding carboxylic acids is 2.